The number of Topliss-reactive ketones (excluding diaryl/α,β-unsaturated/α-hetero) is 1. The van der Waals surface area contributed by atoms with Crippen LogP contribution < -0.4 is 5.73 Å². The fourth-order valence-corrected chi connectivity index (χ4v) is 0.236. The molecule has 2 N–H and O–H groups in total. The zero-order valence-corrected chi connectivity index (χ0v) is 10.8. The van der Waals surface area contributed by atoms with E-state index < -0.39 is 0 Å². The highest BCUT2D eigenvalue weighted by molar-refractivity contribution is 5.81. The van der Waals surface area contributed by atoms with Gasteiger partial charge >= 0.3 is 0 Å². The summed E-state index contributed by atoms with van der Waals surface area (Å²) in [5.74, 6) is 0.227. The fraction of sp³-hybridized carbons (Fsp3) is 0.909. The Kier molecular flexibility index (Phi) is 52.7. The normalized spacial score (nSPS) is 6.62. The minimum absolute atomic E-state index is 0.102. The molecule has 0 heterocycles. The molecule has 0 aromatic heterocycles. The van der Waals surface area contributed by atoms with Crippen molar-refractivity contribution in [2.45, 2.75) is 55.4 Å². The van der Waals surface area contributed by atoms with Gasteiger partial charge in [-0.3, -0.25) is 4.79 Å². The average Bonchev–Trinajstić information content (AvgIpc) is 2.25. The molecule has 0 radical (unpaired) electrons. The lowest BCUT2D eigenvalue weighted by atomic mass is 10.1. The molecule has 0 fully saturated rings. The molecule has 0 aliphatic heterocycles. The molecule has 0 rings (SSSR count). The van der Waals surface area contributed by atoms with Crippen molar-refractivity contribution in [1.82, 2.24) is 0 Å². The van der Waals surface area contributed by atoms with Crippen LogP contribution in [-0.4, -0.2) is 12.3 Å². The van der Waals surface area contributed by atoms with Crippen LogP contribution in [0.5, 0.6) is 0 Å². The van der Waals surface area contributed by atoms with E-state index in [1.807, 2.05) is 55.4 Å². The molecule has 0 amide bonds. The average molecular weight is 191 g/mol. The molecular weight excluding hydrogens is 162 g/mol. The van der Waals surface area contributed by atoms with E-state index in [2.05, 4.69) is 0 Å². The zero-order chi connectivity index (χ0) is 11.9. The topological polar surface area (TPSA) is 43.1 Å². The van der Waals surface area contributed by atoms with Gasteiger partial charge in [-0.05, 0) is 0 Å². The smallest absolute Gasteiger partial charge is 0.148 e. The molecule has 0 aromatic rings. The predicted molar refractivity (Wildman–Crippen MR) is 62.9 cm³/mol. The summed E-state index contributed by atoms with van der Waals surface area (Å²) in [5.41, 5.74) is 5.02. The van der Waals surface area contributed by atoms with Crippen LogP contribution in [0.25, 0.3) is 0 Å². The highest BCUT2D eigenvalue weighted by Crippen LogP contribution is 1.89. The van der Waals surface area contributed by atoms with Gasteiger partial charge in [0.1, 0.15) is 5.78 Å². The lowest BCUT2D eigenvalue weighted by molar-refractivity contribution is -0.120. The molecule has 84 valence electrons. The van der Waals surface area contributed by atoms with Crippen molar-refractivity contribution in [1.29, 1.82) is 0 Å². The Balaban J connectivity index is -0.0000000573. The summed E-state index contributed by atoms with van der Waals surface area (Å²) in [7, 11) is 0. The number of carbonyl (C=O) groups is 1. The van der Waals surface area contributed by atoms with Gasteiger partial charge in [0.05, 0.1) is 6.54 Å². The Morgan fingerprint density at radius 2 is 1.23 bits per heavy atom. The van der Waals surface area contributed by atoms with Crippen molar-refractivity contribution in [2.75, 3.05) is 6.54 Å². The molecule has 0 saturated carbocycles. The fourth-order valence-electron chi connectivity index (χ4n) is 0.236. The van der Waals surface area contributed by atoms with Crippen molar-refractivity contribution in [2.24, 2.45) is 11.7 Å². The van der Waals surface area contributed by atoms with E-state index in [-0.39, 0.29) is 18.2 Å². The van der Waals surface area contributed by atoms with Crippen molar-refractivity contribution >= 4 is 5.78 Å². The first kappa shape index (κ1) is 22.9. The summed E-state index contributed by atoms with van der Waals surface area (Å²) in [5, 5.41) is 0. The van der Waals surface area contributed by atoms with Crippen molar-refractivity contribution in [3.8, 4) is 0 Å². The highest BCUT2D eigenvalue weighted by atomic mass is 16.1. The van der Waals surface area contributed by atoms with Crippen LogP contribution in [0.3, 0.4) is 0 Å². The molecular formula is C11H29NO. The molecule has 0 atom stereocenters. The van der Waals surface area contributed by atoms with Crippen LogP contribution in [0.4, 0.5) is 0 Å². The third kappa shape index (κ3) is 34.0. The Morgan fingerprint density at radius 1 is 1.00 bits per heavy atom. The van der Waals surface area contributed by atoms with Gasteiger partial charge in [-0.25, -0.2) is 0 Å². The summed E-state index contributed by atoms with van der Waals surface area (Å²) in [6.45, 7) is 15.9. The van der Waals surface area contributed by atoms with Crippen LogP contribution in [0.2, 0.25) is 0 Å². The number of carbonyl (C=O) groups excluding carboxylic acids is 1. The van der Waals surface area contributed by atoms with Gasteiger partial charge in [0, 0.05) is 5.92 Å². The first-order valence-corrected chi connectivity index (χ1v) is 5.41. The van der Waals surface area contributed by atoms with Gasteiger partial charge < -0.3 is 5.73 Å². The summed E-state index contributed by atoms with van der Waals surface area (Å²) in [6.07, 6.45) is 0. The SMILES string of the molecule is CC.CC.CC.CC(C)C(=O)CN. The maximum Gasteiger partial charge on any atom is 0.148 e. The zero-order valence-electron chi connectivity index (χ0n) is 10.8. The summed E-state index contributed by atoms with van der Waals surface area (Å²) in [6, 6.07) is 0. The molecule has 0 bridgehead atoms. The monoisotopic (exact) mass is 191 g/mol. The van der Waals surface area contributed by atoms with Crippen LogP contribution in [-0.2, 0) is 4.79 Å². The lowest BCUT2D eigenvalue weighted by Gasteiger charge is -1.96. The second-order valence-corrected chi connectivity index (χ2v) is 1.83. The third-order valence-electron chi connectivity index (χ3n) is 0.845. The Bertz CT molecular complexity index is 70.5. The first-order chi connectivity index (χ1) is 6.18. The standard InChI is InChI=1S/C5H11NO.3C2H6/c1-4(2)5(7)3-6;3*1-2/h4H,3,6H2,1-2H3;3*1-2H3. The van der Waals surface area contributed by atoms with Gasteiger partial charge in [0.2, 0.25) is 0 Å². The van der Waals surface area contributed by atoms with Gasteiger partial charge in [0.25, 0.3) is 0 Å². The molecule has 0 aromatic carbocycles. The molecule has 0 aliphatic carbocycles. The van der Waals surface area contributed by atoms with Gasteiger partial charge in [-0.2, -0.15) is 0 Å². The van der Waals surface area contributed by atoms with Gasteiger partial charge in [-0.15, -0.1) is 0 Å². The van der Waals surface area contributed by atoms with E-state index in [9.17, 15) is 4.79 Å². The predicted octanol–water partition coefficient (Wildman–Crippen LogP) is 3.25. The van der Waals surface area contributed by atoms with Gasteiger partial charge in [-0.1, -0.05) is 55.4 Å². The largest absolute Gasteiger partial charge is 0.324 e. The number of rotatable bonds is 2. The number of hydrogen-bond acceptors (Lipinski definition) is 2. The number of ketones is 1. The highest BCUT2D eigenvalue weighted by Gasteiger charge is 2.01. The molecule has 0 unspecified atom stereocenters. The molecule has 2 heteroatoms. The van der Waals surface area contributed by atoms with E-state index in [0.29, 0.717) is 0 Å². The number of hydrogen-bond donors (Lipinski definition) is 1. The maximum absolute atomic E-state index is 10.4. The third-order valence-corrected chi connectivity index (χ3v) is 0.845. The Morgan fingerprint density at radius 3 is 1.23 bits per heavy atom. The second-order valence-electron chi connectivity index (χ2n) is 1.83. The van der Waals surface area contributed by atoms with Crippen molar-refractivity contribution in [3.63, 3.8) is 0 Å². The van der Waals surface area contributed by atoms with Crippen LogP contribution in [0.1, 0.15) is 55.4 Å². The summed E-state index contributed by atoms with van der Waals surface area (Å²) >= 11 is 0. The molecule has 13 heavy (non-hydrogen) atoms. The number of nitrogens with two attached hydrogens (primary N) is 1. The van der Waals surface area contributed by atoms with Crippen LogP contribution in [0, 0.1) is 5.92 Å². The minimum atomic E-state index is 0.102. The Hall–Kier alpha value is -0.370. The second kappa shape index (κ2) is 29.9. The van der Waals surface area contributed by atoms with E-state index in [4.69, 9.17) is 5.73 Å². The summed E-state index contributed by atoms with van der Waals surface area (Å²) < 4.78 is 0. The quantitative estimate of drug-likeness (QED) is 0.728. The van der Waals surface area contributed by atoms with Crippen LogP contribution >= 0.6 is 0 Å². The Labute approximate surface area is 84.9 Å². The molecule has 0 saturated heterocycles. The molecule has 0 aliphatic rings. The molecule has 0 spiro atoms. The van der Waals surface area contributed by atoms with Gasteiger partial charge in [0.15, 0.2) is 0 Å². The summed E-state index contributed by atoms with van der Waals surface area (Å²) in [4.78, 5) is 10.4. The maximum atomic E-state index is 10.4. The van der Waals surface area contributed by atoms with E-state index in [1.54, 1.807) is 0 Å². The van der Waals surface area contributed by atoms with E-state index in [0.717, 1.165) is 0 Å². The van der Waals surface area contributed by atoms with E-state index in [1.165, 1.54) is 0 Å². The van der Waals surface area contributed by atoms with Crippen molar-refractivity contribution < 1.29 is 4.79 Å². The lowest BCUT2D eigenvalue weighted by Crippen LogP contribution is -2.18. The first-order valence-electron chi connectivity index (χ1n) is 5.41. The minimum Gasteiger partial charge on any atom is -0.324 e. The van der Waals surface area contributed by atoms with Crippen LogP contribution in [0.15, 0.2) is 0 Å². The molecule has 2 nitrogen and oxygen atoms in total. The van der Waals surface area contributed by atoms with Crippen molar-refractivity contribution in [3.05, 3.63) is 0 Å². The van der Waals surface area contributed by atoms with E-state index >= 15 is 0 Å².